The van der Waals surface area contributed by atoms with Crippen LogP contribution in [0.4, 0.5) is 0 Å². The molecule has 3 nitrogen and oxygen atoms in total. The molecule has 1 aliphatic carbocycles. The van der Waals surface area contributed by atoms with Crippen molar-refractivity contribution in [2.24, 2.45) is 0 Å². The molecular weight excluding hydrogens is 298 g/mol. The molecule has 0 spiro atoms. The average molecular weight is 326 g/mol. The van der Waals surface area contributed by atoms with E-state index in [1.54, 1.807) is 14.2 Å². The van der Waals surface area contributed by atoms with Crippen LogP contribution in [0.1, 0.15) is 36.8 Å². The Hall–Kier alpha value is -2.00. The Bertz CT molecular complexity index is 648. The molecule has 0 unspecified atom stereocenters. The van der Waals surface area contributed by atoms with Gasteiger partial charge in [0.1, 0.15) is 6.54 Å². The predicted octanol–water partition coefficient (Wildman–Crippen LogP) is 3.28. The molecule has 0 saturated heterocycles. The molecule has 1 aliphatic rings. The van der Waals surface area contributed by atoms with Gasteiger partial charge in [0.15, 0.2) is 11.5 Å². The van der Waals surface area contributed by atoms with Crippen molar-refractivity contribution in [1.82, 2.24) is 0 Å². The summed E-state index contributed by atoms with van der Waals surface area (Å²) < 4.78 is 10.9. The second-order valence-electron chi connectivity index (χ2n) is 6.74. The van der Waals surface area contributed by atoms with Gasteiger partial charge in [0.2, 0.25) is 0 Å². The lowest BCUT2D eigenvalue weighted by Gasteiger charge is -2.28. The smallest absolute Gasteiger partial charge is 0.161 e. The second kappa shape index (κ2) is 7.71. The summed E-state index contributed by atoms with van der Waals surface area (Å²) in [6.45, 7) is 2.16. The highest BCUT2D eigenvalue weighted by molar-refractivity contribution is 5.45. The van der Waals surface area contributed by atoms with E-state index in [9.17, 15) is 0 Å². The molecule has 3 heteroatoms. The maximum atomic E-state index is 5.52. The van der Waals surface area contributed by atoms with Gasteiger partial charge in [-0.3, -0.25) is 0 Å². The zero-order valence-electron chi connectivity index (χ0n) is 14.8. The van der Waals surface area contributed by atoms with Gasteiger partial charge in [-0.1, -0.05) is 49.2 Å². The molecule has 1 fully saturated rings. The largest absolute Gasteiger partial charge is 0.493 e. The van der Waals surface area contributed by atoms with Gasteiger partial charge in [-0.15, -0.1) is 0 Å². The van der Waals surface area contributed by atoms with Crippen molar-refractivity contribution in [2.45, 2.75) is 37.6 Å². The first kappa shape index (κ1) is 16.8. The van der Waals surface area contributed by atoms with Crippen LogP contribution >= 0.6 is 0 Å². The van der Waals surface area contributed by atoms with Crippen LogP contribution in [0.15, 0.2) is 48.5 Å². The fraction of sp³-hybridized carbons (Fsp3) is 0.429. The van der Waals surface area contributed by atoms with Crippen LogP contribution in [0, 0.1) is 0 Å². The third-order valence-electron chi connectivity index (χ3n) is 5.31. The van der Waals surface area contributed by atoms with E-state index in [1.807, 2.05) is 6.07 Å². The first-order chi connectivity index (χ1) is 11.8. The predicted molar refractivity (Wildman–Crippen MR) is 96.6 cm³/mol. The van der Waals surface area contributed by atoms with Crippen LogP contribution in [0.3, 0.4) is 0 Å². The minimum absolute atomic E-state index is 0.258. The molecular formula is C21H28NO2+. The van der Waals surface area contributed by atoms with Crippen molar-refractivity contribution in [1.29, 1.82) is 0 Å². The third kappa shape index (κ3) is 3.57. The lowest BCUT2D eigenvalue weighted by Crippen LogP contribution is -2.86. The molecule has 2 N–H and O–H groups in total. The second-order valence-corrected chi connectivity index (χ2v) is 6.74. The van der Waals surface area contributed by atoms with Gasteiger partial charge in [0.05, 0.1) is 20.8 Å². The summed E-state index contributed by atoms with van der Waals surface area (Å²) in [6, 6.07) is 17.2. The van der Waals surface area contributed by atoms with Crippen LogP contribution < -0.4 is 14.8 Å². The van der Waals surface area contributed by atoms with Gasteiger partial charge in [-0.2, -0.15) is 0 Å². The first-order valence-corrected chi connectivity index (χ1v) is 8.85. The van der Waals surface area contributed by atoms with Crippen molar-refractivity contribution in [3.8, 4) is 11.5 Å². The van der Waals surface area contributed by atoms with E-state index in [2.05, 4.69) is 47.8 Å². The summed E-state index contributed by atoms with van der Waals surface area (Å²) in [4.78, 5) is 0. The number of rotatable bonds is 7. The van der Waals surface area contributed by atoms with Crippen LogP contribution in [0.5, 0.6) is 11.5 Å². The van der Waals surface area contributed by atoms with E-state index in [4.69, 9.17) is 9.47 Å². The summed E-state index contributed by atoms with van der Waals surface area (Å²) in [7, 11) is 3.40. The molecule has 0 bridgehead atoms. The summed E-state index contributed by atoms with van der Waals surface area (Å²) in [5.41, 5.74) is 3.04. The summed E-state index contributed by atoms with van der Waals surface area (Å²) in [5.74, 6) is 1.65. The van der Waals surface area contributed by atoms with Crippen molar-refractivity contribution in [3.63, 3.8) is 0 Å². The minimum atomic E-state index is 0.258. The fourth-order valence-corrected chi connectivity index (χ4v) is 3.96. The van der Waals surface area contributed by atoms with E-state index >= 15 is 0 Å². The molecule has 0 aromatic heterocycles. The number of ether oxygens (including phenoxy) is 2. The van der Waals surface area contributed by atoms with E-state index in [-0.39, 0.29) is 5.41 Å². The standard InChI is InChI=1S/C21H27NO2/c1-23-19-11-10-18(14-20(19)24-2)21(12-6-7-13-21)16-22-15-17-8-4-3-5-9-17/h3-5,8-11,14,22H,6-7,12-13,15-16H2,1-2H3/p+1. The maximum Gasteiger partial charge on any atom is 0.161 e. The quantitative estimate of drug-likeness (QED) is 0.847. The molecule has 2 aromatic rings. The number of benzene rings is 2. The molecule has 0 atom stereocenters. The molecule has 0 amide bonds. The van der Waals surface area contributed by atoms with E-state index in [0.29, 0.717) is 0 Å². The minimum Gasteiger partial charge on any atom is -0.493 e. The average Bonchev–Trinajstić information content (AvgIpc) is 3.12. The zero-order valence-corrected chi connectivity index (χ0v) is 14.8. The Balaban J connectivity index is 1.76. The van der Waals surface area contributed by atoms with Crippen molar-refractivity contribution < 1.29 is 14.8 Å². The molecule has 128 valence electrons. The van der Waals surface area contributed by atoms with Crippen LogP contribution in [-0.4, -0.2) is 20.8 Å². The molecule has 3 rings (SSSR count). The van der Waals surface area contributed by atoms with Gasteiger partial charge >= 0.3 is 0 Å². The maximum absolute atomic E-state index is 5.52. The van der Waals surface area contributed by atoms with Crippen molar-refractivity contribution in [2.75, 3.05) is 20.8 Å². The summed E-state index contributed by atoms with van der Waals surface area (Å²) in [6.07, 6.45) is 5.14. The highest BCUT2D eigenvalue weighted by atomic mass is 16.5. The molecule has 24 heavy (non-hydrogen) atoms. The van der Waals surface area contributed by atoms with E-state index in [0.717, 1.165) is 24.6 Å². The number of quaternary nitrogens is 1. The lowest BCUT2D eigenvalue weighted by molar-refractivity contribution is -0.677. The number of hydrogen-bond acceptors (Lipinski definition) is 2. The zero-order chi connectivity index (χ0) is 16.8. The van der Waals surface area contributed by atoms with Gasteiger partial charge in [-0.25, -0.2) is 0 Å². The molecule has 1 saturated carbocycles. The fourth-order valence-electron chi connectivity index (χ4n) is 3.96. The van der Waals surface area contributed by atoms with Crippen molar-refractivity contribution in [3.05, 3.63) is 59.7 Å². The molecule has 0 aliphatic heterocycles. The van der Waals surface area contributed by atoms with E-state index in [1.165, 1.54) is 36.8 Å². The molecule has 0 radical (unpaired) electrons. The number of nitrogens with two attached hydrogens (primary N) is 1. The summed E-state index contributed by atoms with van der Waals surface area (Å²) in [5, 5.41) is 2.46. The van der Waals surface area contributed by atoms with E-state index < -0.39 is 0 Å². The van der Waals surface area contributed by atoms with Crippen LogP contribution in [0.25, 0.3) is 0 Å². The van der Waals surface area contributed by atoms with Gasteiger partial charge in [-0.05, 0) is 30.5 Å². The Morgan fingerprint density at radius 2 is 1.62 bits per heavy atom. The first-order valence-electron chi connectivity index (χ1n) is 8.85. The number of methoxy groups -OCH3 is 2. The van der Waals surface area contributed by atoms with Crippen LogP contribution in [-0.2, 0) is 12.0 Å². The topological polar surface area (TPSA) is 35.1 Å². The monoisotopic (exact) mass is 326 g/mol. The van der Waals surface area contributed by atoms with Crippen molar-refractivity contribution >= 4 is 0 Å². The SMILES string of the molecule is COc1ccc(C2(C[NH2+]Cc3ccccc3)CCCC2)cc1OC. The third-order valence-corrected chi connectivity index (χ3v) is 5.31. The normalized spacial score (nSPS) is 16.1. The molecule has 2 aromatic carbocycles. The van der Waals surface area contributed by atoms with Gasteiger partial charge < -0.3 is 14.8 Å². The lowest BCUT2D eigenvalue weighted by atomic mass is 9.78. The highest BCUT2D eigenvalue weighted by Gasteiger charge is 2.37. The van der Waals surface area contributed by atoms with Crippen LogP contribution in [0.2, 0.25) is 0 Å². The molecule has 0 heterocycles. The van der Waals surface area contributed by atoms with Gasteiger partial charge in [0, 0.05) is 11.0 Å². The Kier molecular flexibility index (Phi) is 5.41. The summed E-state index contributed by atoms with van der Waals surface area (Å²) >= 11 is 0. The number of hydrogen-bond donors (Lipinski definition) is 1. The van der Waals surface area contributed by atoms with Gasteiger partial charge in [0.25, 0.3) is 0 Å². The Morgan fingerprint density at radius 1 is 0.917 bits per heavy atom. The Morgan fingerprint density at radius 3 is 2.29 bits per heavy atom. The highest BCUT2D eigenvalue weighted by Crippen LogP contribution is 2.42. The Labute approximate surface area is 145 Å².